The Kier molecular flexibility index (Phi) is 5.34. The average Bonchev–Trinajstić information content (AvgIpc) is 2.79. The van der Waals surface area contributed by atoms with Crippen LogP contribution in [0.5, 0.6) is 0 Å². The van der Waals surface area contributed by atoms with Gasteiger partial charge >= 0.3 is 0 Å². The van der Waals surface area contributed by atoms with Crippen LogP contribution in [-0.2, 0) is 24.3 Å². The van der Waals surface area contributed by atoms with Gasteiger partial charge in [-0.1, -0.05) is 13.8 Å². The minimum atomic E-state index is -0.0420. The Morgan fingerprint density at radius 3 is 2.74 bits per heavy atom. The lowest BCUT2D eigenvalue weighted by Crippen LogP contribution is -2.21. The molecule has 19 heavy (non-hydrogen) atoms. The highest BCUT2D eigenvalue weighted by molar-refractivity contribution is 4.96. The van der Waals surface area contributed by atoms with Gasteiger partial charge in [-0.15, -0.1) is 10.2 Å². The van der Waals surface area contributed by atoms with Gasteiger partial charge in [0.15, 0.2) is 5.82 Å². The summed E-state index contributed by atoms with van der Waals surface area (Å²) in [6.45, 7) is 6.04. The molecular formula is C14H25N3O2. The topological polar surface area (TPSA) is 60.2 Å². The molecule has 1 aromatic heterocycles. The van der Waals surface area contributed by atoms with Gasteiger partial charge in [0.2, 0.25) is 0 Å². The fourth-order valence-corrected chi connectivity index (χ4v) is 2.58. The first-order valence-electron chi connectivity index (χ1n) is 7.34. The van der Waals surface area contributed by atoms with Gasteiger partial charge in [-0.3, -0.25) is 0 Å². The Hall–Kier alpha value is -0.940. The average molecular weight is 267 g/mol. The number of aliphatic hydroxyl groups is 1. The van der Waals surface area contributed by atoms with Crippen molar-refractivity contribution in [3.05, 3.63) is 11.6 Å². The number of aromatic nitrogens is 3. The van der Waals surface area contributed by atoms with Gasteiger partial charge in [-0.2, -0.15) is 0 Å². The number of aryl methyl sites for hydroxylation is 1. The van der Waals surface area contributed by atoms with Gasteiger partial charge in [0, 0.05) is 19.6 Å². The van der Waals surface area contributed by atoms with E-state index in [4.69, 9.17) is 4.74 Å². The van der Waals surface area contributed by atoms with E-state index in [1.807, 2.05) is 0 Å². The first kappa shape index (κ1) is 14.5. The van der Waals surface area contributed by atoms with Gasteiger partial charge in [-0.25, -0.2) is 0 Å². The monoisotopic (exact) mass is 267 g/mol. The zero-order valence-corrected chi connectivity index (χ0v) is 12.0. The van der Waals surface area contributed by atoms with E-state index in [0.717, 1.165) is 38.2 Å². The third-order valence-corrected chi connectivity index (χ3v) is 3.56. The normalized spacial score (nSPS) is 20.1. The molecule has 5 nitrogen and oxygen atoms in total. The number of rotatable bonds is 6. The van der Waals surface area contributed by atoms with Crippen molar-refractivity contribution in [2.24, 2.45) is 5.92 Å². The van der Waals surface area contributed by atoms with Crippen LogP contribution in [0.15, 0.2) is 0 Å². The van der Waals surface area contributed by atoms with Crippen molar-refractivity contribution in [2.45, 2.75) is 65.2 Å². The fourth-order valence-electron chi connectivity index (χ4n) is 2.58. The second-order valence-corrected chi connectivity index (χ2v) is 5.72. The lowest BCUT2D eigenvalue weighted by Gasteiger charge is -2.22. The molecule has 0 spiro atoms. The number of hydrogen-bond acceptors (Lipinski definition) is 4. The smallest absolute Gasteiger partial charge is 0.158 e. The van der Waals surface area contributed by atoms with Gasteiger partial charge in [-0.05, 0) is 31.6 Å². The maximum absolute atomic E-state index is 9.31. The molecular weight excluding hydrogens is 242 g/mol. The Balaban J connectivity index is 1.96. The third kappa shape index (κ3) is 4.01. The fraction of sp³-hybridized carbons (Fsp3) is 0.857. The Bertz CT molecular complexity index is 384. The number of hydrogen-bond donors (Lipinski definition) is 1. The molecule has 1 aliphatic rings. The minimum absolute atomic E-state index is 0.0420. The van der Waals surface area contributed by atoms with Crippen LogP contribution in [0.2, 0.25) is 0 Å². The number of ether oxygens (including phenoxy) is 1. The first-order valence-corrected chi connectivity index (χ1v) is 7.34. The van der Waals surface area contributed by atoms with E-state index in [9.17, 15) is 5.11 Å². The summed E-state index contributed by atoms with van der Waals surface area (Å²) in [6.07, 6.45) is 5.87. The van der Waals surface area contributed by atoms with Gasteiger partial charge in [0.25, 0.3) is 0 Å². The van der Waals surface area contributed by atoms with E-state index in [0.29, 0.717) is 17.8 Å². The van der Waals surface area contributed by atoms with Crippen LogP contribution in [0, 0.1) is 5.92 Å². The summed E-state index contributed by atoms with van der Waals surface area (Å²) < 4.78 is 7.81. The largest absolute Gasteiger partial charge is 0.388 e. The SMILES string of the molecule is CC(C)Cn1c(CO)nnc1CCC1CCCCO1. The molecule has 0 aliphatic carbocycles. The molecule has 0 radical (unpaired) electrons. The van der Waals surface area contributed by atoms with Crippen molar-refractivity contribution in [3.63, 3.8) is 0 Å². The molecule has 1 unspecified atom stereocenters. The molecule has 1 N–H and O–H groups in total. The van der Waals surface area contributed by atoms with Crippen molar-refractivity contribution in [1.82, 2.24) is 14.8 Å². The van der Waals surface area contributed by atoms with E-state index in [1.165, 1.54) is 12.8 Å². The van der Waals surface area contributed by atoms with Crippen LogP contribution in [-0.4, -0.2) is 32.6 Å². The zero-order valence-electron chi connectivity index (χ0n) is 12.0. The van der Waals surface area contributed by atoms with Crippen molar-refractivity contribution in [3.8, 4) is 0 Å². The van der Waals surface area contributed by atoms with Crippen LogP contribution in [0.25, 0.3) is 0 Å². The summed E-state index contributed by atoms with van der Waals surface area (Å²) in [5, 5.41) is 17.6. The predicted octanol–water partition coefficient (Wildman–Crippen LogP) is 1.93. The predicted molar refractivity (Wildman–Crippen MR) is 72.7 cm³/mol. The van der Waals surface area contributed by atoms with E-state index >= 15 is 0 Å². The minimum Gasteiger partial charge on any atom is -0.388 e. The maximum Gasteiger partial charge on any atom is 0.158 e. The van der Waals surface area contributed by atoms with Crippen molar-refractivity contribution in [2.75, 3.05) is 6.61 Å². The summed E-state index contributed by atoms with van der Waals surface area (Å²) in [5.41, 5.74) is 0. The Labute approximate surface area is 115 Å². The van der Waals surface area contributed by atoms with Gasteiger partial charge < -0.3 is 14.4 Å². The van der Waals surface area contributed by atoms with Crippen LogP contribution in [0.3, 0.4) is 0 Å². The third-order valence-electron chi connectivity index (χ3n) is 3.56. The highest BCUT2D eigenvalue weighted by Gasteiger charge is 2.17. The molecule has 1 aliphatic heterocycles. The molecule has 0 amide bonds. The molecule has 1 atom stereocenters. The van der Waals surface area contributed by atoms with Crippen molar-refractivity contribution >= 4 is 0 Å². The molecule has 0 saturated carbocycles. The Morgan fingerprint density at radius 1 is 1.32 bits per heavy atom. The zero-order chi connectivity index (χ0) is 13.7. The van der Waals surface area contributed by atoms with Crippen molar-refractivity contribution < 1.29 is 9.84 Å². The molecule has 2 heterocycles. The molecule has 2 rings (SSSR count). The van der Waals surface area contributed by atoms with Crippen LogP contribution in [0.4, 0.5) is 0 Å². The molecule has 1 saturated heterocycles. The summed E-state index contributed by atoms with van der Waals surface area (Å²) in [7, 11) is 0. The van der Waals surface area contributed by atoms with Gasteiger partial charge in [0.05, 0.1) is 6.10 Å². The molecule has 0 bridgehead atoms. The van der Waals surface area contributed by atoms with E-state index < -0.39 is 0 Å². The summed E-state index contributed by atoms with van der Waals surface area (Å²) >= 11 is 0. The highest BCUT2D eigenvalue weighted by Crippen LogP contribution is 2.18. The maximum atomic E-state index is 9.31. The summed E-state index contributed by atoms with van der Waals surface area (Å²) in [6, 6.07) is 0. The highest BCUT2D eigenvalue weighted by atomic mass is 16.5. The molecule has 108 valence electrons. The quantitative estimate of drug-likeness (QED) is 0.855. The van der Waals surface area contributed by atoms with Crippen LogP contribution in [0.1, 0.15) is 51.2 Å². The number of aliphatic hydroxyl groups excluding tert-OH is 1. The Morgan fingerprint density at radius 2 is 2.11 bits per heavy atom. The molecule has 5 heteroatoms. The standard InChI is InChI=1S/C14H25N3O2/c1-11(2)9-17-13(15-16-14(17)10-18)7-6-12-5-3-4-8-19-12/h11-12,18H,3-10H2,1-2H3. The summed E-state index contributed by atoms with van der Waals surface area (Å²) in [4.78, 5) is 0. The van der Waals surface area contributed by atoms with Crippen LogP contribution < -0.4 is 0 Å². The second kappa shape index (κ2) is 7.01. The summed E-state index contributed by atoms with van der Waals surface area (Å²) in [5.74, 6) is 2.17. The lowest BCUT2D eigenvalue weighted by atomic mass is 10.0. The van der Waals surface area contributed by atoms with E-state index in [2.05, 4.69) is 28.6 Å². The van der Waals surface area contributed by atoms with Gasteiger partial charge in [0.1, 0.15) is 12.4 Å². The molecule has 1 aromatic rings. The molecule has 0 aromatic carbocycles. The molecule has 1 fully saturated rings. The van der Waals surface area contributed by atoms with Crippen LogP contribution >= 0.6 is 0 Å². The van der Waals surface area contributed by atoms with E-state index in [1.54, 1.807) is 0 Å². The number of nitrogens with zero attached hydrogens (tertiary/aromatic N) is 3. The van der Waals surface area contributed by atoms with E-state index in [-0.39, 0.29) is 6.61 Å². The second-order valence-electron chi connectivity index (χ2n) is 5.72. The lowest BCUT2D eigenvalue weighted by molar-refractivity contribution is 0.0110. The first-order chi connectivity index (χ1) is 9.20. The van der Waals surface area contributed by atoms with Crippen molar-refractivity contribution in [1.29, 1.82) is 0 Å².